The second-order valence-electron chi connectivity index (χ2n) is 5.20. The largest absolute Gasteiger partial charge is 0.334 e. The van der Waals surface area contributed by atoms with Gasteiger partial charge in [0, 0.05) is 18.9 Å². The van der Waals surface area contributed by atoms with E-state index >= 15 is 0 Å². The van der Waals surface area contributed by atoms with E-state index in [4.69, 9.17) is 5.84 Å². The van der Waals surface area contributed by atoms with Crippen molar-refractivity contribution < 1.29 is 0 Å². The lowest BCUT2D eigenvalue weighted by atomic mass is 9.94. The molecule has 3 N–H and O–H groups in total. The molecule has 0 bridgehead atoms. The van der Waals surface area contributed by atoms with Crippen molar-refractivity contribution in [3.05, 3.63) is 18.2 Å². The third kappa shape index (κ3) is 1.57. The molecule has 2 fully saturated rings. The van der Waals surface area contributed by atoms with Crippen molar-refractivity contribution in [2.24, 2.45) is 23.6 Å². The number of aromatic nitrogens is 2. The minimum Gasteiger partial charge on any atom is -0.334 e. The predicted octanol–water partition coefficient (Wildman–Crippen LogP) is 1.45. The first-order valence-corrected chi connectivity index (χ1v) is 6.30. The van der Waals surface area contributed by atoms with Crippen LogP contribution in [0, 0.1) is 17.8 Å². The van der Waals surface area contributed by atoms with Crippen LogP contribution in [0.25, 0.3) is 0 Å². The summed E-state index contributed by atoms with van der Waals surface area (Å²) in [6.07, 6.45) is 8.02. The summed E-state index contributed by atoms with van der Waals surface area (Å²) >= 11 is 0. The highest BCUT2D eigenvalue weighted by Crippen LogP contribution is 2.56. The second kappa shape index (κ2) is 3.86. The summed E-state index contributed by atoms with van der Waals surface area (Å²) < 4.78 is 2.19. The molecular formula is C12H20N4. The molecule has 0 amide bonds. The minimum atomic E-state index is 0.239. The number of imidazole rings is 1. The second-order valence-corrected chi connectivity index (χ2v) is 5.20. The summed E-state index contributed by atoms with van der Waals surface area (Å²) in [7, 11) is 0. The maximum Gasteiger partial charge on any atom is 0.127 e. The smallest absolute Gasteiger partial charge is 0.127 e. The first-order chi connectivity index (χ1) is 7.83. The summed E-state index contributed by atoms with van der Waals surface area (Å²) in [5.41, 5.74) is 2.98. The Morgan fingerprint density at radius 2 is 2.25 bits per heavy atom. The third-order valence-corrected chi connectivity index (χ3v) is 4.30. The van der Waals surface area contributed by atoms with Gasteiger partial charge in [0.1, 0.15) is 5.82 Å². The lowest BCUT2D eigenvalue weighted by molar-refractivity contribution is 0.325. The van der Waals surface area contributed by atoms with Gasteiger partial charge in [-0.1, -0.05) is 0 Å². The Labute approximate surface area is 96.2 Å². The van der Waals surface area contributed by atoms with Gasteiger partial charge < -0.3 is 4.57 Å². The fraction of sp³-hybridized carbons (Fsp3) is 0.750. The van der Waals surface area contributed by atoms with Crippen molar-refractivity contribution in [3.8, 4) is 0 Å². The molecule has 0 radical (unpaired) electrons. The molecule has 0 aromatic carbocycles. The Balaban J connectivity index is 1.79. The highest BCUT2D eigenvalue weighted by molar-refractivity contribution is 5.07. The number of hydrogen-bond acceptors (Lipinski definition) is 3. The number of nitrogens with zero attached hydrogens (tertiary/aromatic N) is 2. The topological polar surface area (TPSA) is 55.9 Å². The zero-order chi connectivity index (χ0) is 11.1. The standard InChI is InChI=1S/C12H20N4/c1-2-16-4-3-14-12(16)11(15-13)10-6-8-5-9(8)7-10/h3-4,8-11,15H,2,5-7,13H2,1H3. The van der Waals surface area contributed by atoms with Gasteiger partial charge in [0.15, 0.2) is 0 Å². The summed E-state index contributed by atoms with van der Waals surface area (Å²) in [6, 6.07) is 0.239. The lowest BCUT2D eigenvalue weighted by Gasteiger charge is -2.24. The van der Waals surface area contributed by atoms with E-state index in [0.29, 0.717) is 5.92 Å². The molecule has 0 saturated heterocycles. The summed E-state index contributed by atoms with van der Waals surface area (Å²) in [5.74, 6) is 9.50. The summed E-state index contributed by atoms with van der Waals surface area (Å²) in [5, 5.41) is 0. The van der Waals surface area contributed by atoms with Gasteiger partial charge >= 0.3 is 0 Å². The van der Waals surface area contributed by atoms with E-state index in [1.807, 2.05) is 12.4 Å². The lowest BCUT2D eigenvalue weighted by Crippen LogP contribution is -2.35. The van der Waals surface area contributed by atoms with Gasteiger partial charge in [-0.15, -0.1) is 0 Å². The fourth-order valence-electron chi connectivity index (χ4n) is 3.32. The van der Waals surface area contributed by atoms with Gasteiger partial charge in [0.05, 0.1) is 6.04 Å². The molecule has 2 saturated carbocycles. The van der Waals surface area contributed by atoms with Crippen molar-refractivity contribution in [1.29, 1.82) is 0 Å². The van der Waals surface area contributed by atoms with E-state index in [1.165, 1.54) is 19.3 Å². The number of fused-ring (bicyclic) bond motifs is 1. The molecule has 16 heavy (non-hydrogen) atoms. The number of hydrogen-bond donors (Lipinski definition) is 2. The molecule has 4 nitrogen and oxygen atoms in total. The van der Waals surface area contributed by atoms with E-state index in [-0.39, 0.29) is 6.04 Å². The number of nitrogens with one attached hydrogen (secondary N) is 1. The molecule has 1 aromatic rings. The van der Waals surface area contributed by atoms with Crippen LogP contribution in [0.1, 0.15) is 38.1 Å². The SMILES string of the molecule is CCn1ccnc1C(NN)C1CC2CC2C1. The maximum absolute atomic E-state index is 5.72. The van der Waals surface area contributed by atoms with E-state index in [9.17, 15) is 0 Å². The molecule has 88 valence electrons. The molecule has 3 rings (SSSR count). The zero-order valence-electron chi connectivity index (χ0n) is 9.76. The van der Waals surface area contributed by atoms with Crippen LogP contribution in [0.4, 0.5) is 0 Å². The van der Waals surface area contributed by atoms with Crippen LogP contribution in [-0.4, -0.2) is 9.55 Å². The quantitative estimate of drug-likeness (QED) is 0.596. The molecule has 2 aliphatic rings. The van der Waals surface area contributed by atoms with Crippen LogP contribution >= 0.6 is 0 Å². The van der Waals surface area contributed by atoms with Crippen molar-refractivity contribution >= 4 is 0 Å². The van der Waals surface area contributed by atoms with Crippen LogP contribution in [0.15, 0.2) is 12.4 Å². The van der Waals surface area contributed by atoms with Gasteiger partial charge in [-0.05, 0) is 43.9 Å². The number of hydrazine groups is 1. The van der Waals surface area contributed by atoms with E-state index in [0.717, 1.165) is 24.2 Å². The number of rotatable bonds is 4. The van der Waals surface area contributed by atoms with Crippen molar-refractivity contribution in [3.63, 3.8) is 0 Å². The molecular weight excluding hydrogens is 200 g/mol. The average Bonchev–Trinajstić information content (AvgIpc) is 2.76. The molecule has 0 aliphatic heterocycles. The molecule has 0 spiro atoms. The monoisotopic (exact) mass is 220 g/mol. The van der Waals surface area contributed by atoms with E-state index < -0.39 is 0 Å². The van der Waals surface area contributed by atoms with Gasteiger partial charge in [0.2, 0.25) is 0 Å². The van der Waals surface area contributed by atoms with Crippen molar-refractivity contribution in [2.45, 2.75) is 38.8 Å². The molecule has 4 heteroatoms. The highest BCUT2D eigenvalue weighted by atomic mass is 15.3. The van der Waals surface area contributed by atoms with E-state index in [1.54, 1.807) is 0 Å². The van der Waals surface area contributed by atoms with Crippen molar-refractivity contribution in [2.75, 3.05) is 0 Å². The first-order valence-electron chi connectivity index (χ1n) is 6.30. The van der Waals surface area contributed by atoms with Gasteiger partial charge in [-0.3, -0.25) is 5.84 Å². The van der Waals surface area contributed by atoms with Crippen LogP contribution in [0.2, 0.25) is 0 Å². The van der Waals surface area contributed by atoms with E-state index in [2.05, 4.69) is 21.9 Å². The fourth-order valence-corrected chi connectivity index (χ4v) is 3.32. The Morgan fingerprint density at radius 1 is 1.50 bits per heavy atom. The van der Waals surface area contributed by atoms with Crippen LogP contribution in [-0.2, 0) is 6.54 Å². The molecule has 3 atom stereocenters. The van der Waals surface area contributed by atoms with Crippen LogP contribution in [0.3, 0.4) is 0 Å². The first kappa shape index (κ1) is 10.3. The highest BCUT2D eigenvalue weighted by Gasteiger charge is 2.48. The van der Waals surface area contributed by atoms with Crippen LogP contribution < -0.4 is 11.3 Å². The van der Waals surface area contributed by atoms with Gasteiger partial charge in [-0.25, -0.2) is 10.4 Å². The zero-order valence-corrected chi connectivity index (χ0v) is 9.76. The number of nitrogens with two attached hydrogens (primary N) is 1. The van der Waals surface area contributed by atoms with Crippen LogP contribution in [0.5, 0.6) is 0 Å². The minimum absolute atomic E-state index is 0.239. The van der Waals surface area contributed by atoms with Gasteiger partial charge in [-0.2, -0.15) is 0 Å². The Hall–Kier alpha value is -0.870. The Kier molecular flexibility index (Phi) is 2.48. The predicted molar refractivity (Wildman–Crippen MR) is 62.3 cm³/mol. The number of aryl methyl sites for hydroxylation is 1. The molecule has 3 unspecified atom stereocenters. The van der Waals surface area contributed by atoms with Gasteiger partial charge in [0.25, 0.3) is 0 Å². The molecule has 1 aromatic heterocycles. The molecule has 2 aliphatic carbocycles. The Bertz CT molecular complexity index is 363. The normalized spacial score (nSPS) is 33.8. The van der Waals surface area contributed by atoms with Crippen molar-refractivity contribution in [1.82, 2.24) is 15.0 Å². The maximum atomic E-state index is 5.72. The summed E-state index contributed by atoms with van der Waals surface area (Å²) in [6.45, 7) is 3.11. The molecule has 1 heterocycles. The third-order valence-electron chi connectivity index (χ3n) is 4.30. The average molecular weight is 220 g/mol. The summed E-state index contributed by atoms with van der Waals surface area (Å²) in [4.78, 5) is 4.46. The Morgan fingerprint density at radius 3 is 2.88 bits per heavy atom.